The molecule has 2 aliphatic heterocycles. The second kappa shape index (κ2) is 10.3. The van der Waals surface area contributed by atoms with Crippen molar-refractivity contribution in [3.63, 3.8) is 0 Å². The van der Waals surface area contributed by atoms with E-state index in [2.05, 4.69) is 5.32 Å². The molecule has 182 valence electrons. The van der Waals surface area contributed by atoms with Crippen LogP contribution in [-0.4, -0.2) is 67.4 Å². The van der Waals surface area contributed by atoms with Crippen molar-refractivity contribution in [1.82, 2.24) is 4.90 Å². The van der Waals surface area contributed by atoms with Crippen LogP contribution in [0.1, 0.15) is 28.8 Å². The Hall–Kier alpha value is -3.27. The van der Waals surface area contributed by atoms with Gasteiger partial charge in [0.1, 0.15) is 0 Å². The predicted molar refractivity (Wildman–Crippen MR) is 124 cm³/mol. The number of guanidine groups is 1. The first-order valence-electron chi connectivity index (χ1n) is 11.2. The number of nitrogens with zero attached hydrogens (tertiary/aromatic N) is 3. The van der Waals surface area contributed by atoms with E-state index >= 15 is 0 Å². The van der Waals surface area contributed by atoms with E-state index < -0.39 is 17.7 Å². The Kier molecular flexibility index (Phi) is 7.26. The molecule has 0 bridgehead atoms. The predicted octanol–water partition coefficient (Wildman–Crippen LogP) is 4.17. The molecule has 34 heavy (non-hydrogen) atoms. The highest BCUT2D eigenvalue weighted by atomic mass is 19.4. The van der Waals surface area contributed by atoms with Crippen molar-refractivity contribution in [3.05, 3.63) is 59.7 Å². The summed E-state index contributed by atoms with van der Waals surface area (Å²) < 4.78 is 45.0. The van der Waals surface area contributed by atoms with Gasteiger partial charge in [-0.3, -0.25) is 4.99 Å². The Morgan fingerprint density at radius 2 is 1.88 bits per heavy atom. The molecule has 7 nitrogen and oxygen atoms in total. The van der Waals surface area contributed by atoms with Crippen LogP contribution in [0, 0.1) is 0 Å². The summed E-state index contributed by atoms with van der Waals surface area (Å²) in [5.74, 6) is -0.419. The van der Waals surface area contributed by atoms with Gasteiger partial charge < -0.3 is 25.0 Å². The zero-order valence-corrected chi connectivity index (χ0v) is 18.6. The van der Waals surface area contributed by atoms with Gasteiger partial charge in [0.15, 0.2) is 5.96 Å². The number of benzene rings is 2. The topological polar surface area (TPSA) is 77.4 Å². The average molecular weight is 476 g/mol. The number of carbonyl (C=O) groups is 1. The van der Waals surface area contributed by atoms with E-state index in [0.717, 1.165) is 25.5 Å². The number of alkyl halides is 3. The third-order valence-electron chi connectivity index (χ3n) is 5.95. The number of hydrogen-bond donors (Lipinski definition) is 2. The Morgan fingerprint density at radius 3 is 2.56 bits per heavy atom. The second-order valence-electron chi connectivity index (χ2n) is 8.33. The minimum atomic E-state index is -4.38. The molecule has 0 saturated carbocycles. The zero-order valence-electron chi connectivity index (χ0n) is 18.6. The monoisotopic (exact) mass is 476 g/mol. The van der Waals surface area contributed by atoms with Crippen LogP contribution >= 0.6 is 0 Å². The second-order valence-corrected chi connectivity index (χ2v) is 8.33. The Bertz CT molecular complexity index is 1030. The number of rotatable bonds is 5. The van der Waals surface area contributed by atoms with Gasteiger partial charge in [-0.05, 0) is 49.2 Å². The Balaban J connectivity index is 1.47. The molecule has 0 aromatic heterocycles. The number of aromatic carboxylic acids is 1. The molecule has 2 fully saturated rings. The molecule has 2 aromatic carbocycles. The van der Waals surface area contributed by atoms with Gasteiger partial charge in [0.2, 0.25) is 0 Å². The highest BCUT2D eigenvalue weighted by Gasteiger charge is 2.31. The summed E-state index contributed by atoms with van der Waals surface area (Å²) in [6.07, 6.45) is -2.39. The van der Waals surface area contributed by atoms with E-state index in [4.69, 9.17) is 9.73 Å². The molecular formula is C24H27F3N4O3. The molecule has 4 rings (SSSR count). The van der Waals surface area contributed by atoms with Crippen LogP contribution in [0.25, 0.3) is 0 Å². The van der Waals surface area contributed by atoms with Crippen molar-refractivity contribution in [2.75, 3.05) is 49.5 Å². The zero-order chi connectivity index (χ0) is 24.1. The molecule has 2 saturated heterocycles. The highest BCUT2D eigenvalue weighted by Crippen LogP contribution is 2.32. The number of halogens is 3. The normalized spacial score (nSPS) is 19.4. The first-order valence-corrected chi connectivity index (χ1v) is 11.2. The van der Waals surface area contributed by atoms with E-state index in [0.29, 0.717) is 50.1 Å². The lowest BCUT2D eigenvalue weighted by Crippen LogP contribution is -2.51. The summed E-state index contributed by atoms with van der Waals surface area (Å²) in [6, 6.07) is 11.9. The maximum absolute atomic E-state index is 13.1. The molecule has 2 aromatic rings. The molecule has 2 N–H and O–H groups in total. The third kappa shape index (κ3) is 5.99. The van der Waals surface area contributed by atoms with Crippen molar-refractivity contribution in [2.45, 2.75) is 25.1 Å². The molecular weight excluding hydrogens is 449 g/mol. The van der Waals surface area contributed by atoms with Crippen molar-refractivity contribution < 1.29 is 27.8 Å². The first-order chi connectivity index (χ1) is 16.3. The molecule has 0 unspecified atom stereocenters. The lowest BCUT2D eigenvalue weighted by atomic mass is 10.1. The number of carboxylic acids is 1. The summed E-state index contributed by atoms with van der Waals surface area (Å²) in [5.41, 5.74) is 0.643. The highest BCUT2D eigenvalue weighted by molar-refractivity contribution is 5.96. The number of piperazine rings is 1. The lowest BCUT2D eigenvalue weighted by molar-refractivity contribution is -0.137. The average Bonchev–Trinajstić information content (AvgIpc) is 3.35. The maximum atomic E-state index is 13.1. The SMILES string of the molecule is O=C(O)c1cccc(NC(=NC[C@@H]2CCCO2)N2CCN(c3cccc(C(F)(F)F)c3)CC2)c1. The first kappa shape index (κ1) is 23.9. The van der Waals surface area contributed by atoms with Crippen LogP contribution in [0.5, 0.6) is 0 Å². The summed E-state index contributed by atoms with van der Waals surface area (Å²) in [5, 5.41) is 12.5. The van der Waals surface area contributed by atoms with E-state index in [1.165, 1.54) is 18.2 Å². The van der Waals surface area contributed by atoms with Crippen LogP contribution < -0.4 is 10.2 Å². The Morgan fingerprint density at radius 1 is 1.12 bits per heavy atom. The number of ether oxygens (including phenoxy) is 1. The summed E-state index contributed by atoms with van der Waals surface area (Å²) in [4.78, 5) is 20.0. The van der Waals surface area contributed by atoms with Crippen LogP contribution in [-0.2, 0) is 10.9 Å². The number of aliphatic imine (C=N–C) groups is 1. The standard InChI is InChI=1S/C24H27F3N4O3/c25-24(26,27)18-5-2-7-20(15-18)30-9-11-31(12-10-30)23(28-16-21-8-3-13-34-21)29-19-6-1-4-17(14-19)22(32)33/h1-2,4-7,14-15,21H,3,8-13,16H2,(H,28,29)(H,32,33)/t21-/m0/s1. The Labute approximate surface area is 195 Å². The molecule has 0 aliphatic carbocycles. The van der Waals surface area contributed by atoms with Gasteiger partial charge in [0, 0.05) is 44.2 Å². The van der Waals surface area contributed by atoms with Gasteiger partial charge in [0.25, 0.3) is 0 Å². The molecule has 1 atom stereocenters. The fourth-order valence-corrected chi connectivity index (χ4v) is 4.11. The third-order valence-corrected chi connectivity index (χ3v) is 5.95. The van der Waals surface area contributed by atoms with E-state index in [1.807, 2.05) is 9.80 Å². The van der Waals surface area contributed by atoms with E-state index in [1.54, 1.807) is 24.3 Å². The maximum Gasteiger partial charge on any atom is 0.416 e. The number of anilines is 2. The fourth-order valence-electron chi connectivity index (χ4n) is 4.11. The molecule has 0 spiro atoms. The lowest BCUT2D eigenvalue weighted by Gasteiger charge is -2.38. The van der Waals surface area contributed by atoms with Gasteiger partial charge in [-0.15, -0.1) is 0 Å². The number of nitrogens with one attached hydrogen (secondary N) is 1. The van der Waals surface area contributed by atoms with Gasteiger partial charge in [-0.1, -0.05) is 12.1 Å². The van der Waals surface area contributed by atoms with Gasteiger partial charge in [-0.25, -0.2) is 4.79 Å². The molecule has 0 amide bonds. The van der Waals surface area contributed by atoms with Gasteiger partial charge >= 0.3 is 12.1 Å². The molecule has 0 radical (unpaired) electrons. The van der Waals surface area contributed by atoms with Gasteiger partial charge in [0.05, 0.1) is 23.8 Å². The number of hydrogen-bond acceptors (Lipinski definition) is 4. The summed E-state index contributed by atoms with van der Waals surface area (Å²) in [6.45, 7) is 3.35. The number of carboxylic acid groups (broad SMARTS) is 1. The van der Waals surface area contributed by atoms with Crippen LogP contribution in [0.3, 0.4) is 0 Å². The molecule has 2 heterocycles. The van der Waals surface area contributed by atoms with Gasteiger partial charge in [-0.2, -0.15) is 13.2 Å². The summed E-state index contributed by atoms with van der Waals surface area (Å²) >= 11 is 0. The van der Waals surface area contributed by atoms with Crippen molar-refractivity contribution >= 4 is 23.3 Å². The largest absolute Gasteiger partial charge is 0.478 e. The van der Waals surface area contributed by atoms with Crippen LogP contribution in [0.2, 0.25) is 0 Å². The van der Waals surface area contributed by atoms with Crippen LogP contribution in [0.4, 0.5) is 24.5 Å². The van der Waals surface area contributed by atoms with E-state index in [-0.39, 0.29) is 11.7 Å². The minimum Gasteiger partial charge on any atom is -0.478 e. The van der Waals surface area contributed by atoms with Crippen molar-refractivity contribution in [2.24, 2.45) is 4.99 Å². The fraction of sp³-hybridized carbons (Fsp3) is 0.417. The molecule has 2 aliphatic rings. The quantitative estimate of drug-likeness (QED) is 0.498. The molecule has 10 heteroatoms. The van der Waals surface area contributed by atoms with E-state index in [9.17, 15) is 23.1 Å². The summed E-state index contributed by atoms with van der Waals surface area (Å²) in [7, 11) is 0. The van der Waals surface area contributed by atoms with Crippen molar-refractivity contribution in [3.8, 4) is 0 Å². The van der Waals surface area contributed by atoms with Crippen LogP contribution in [0.15, 0.2) is 53.5 Å². The smallest absolute Gasteiger partial charge is 0.416 e. The van der Waals surface area contributed by atoms with Crippen molar-refractivity contribution in [1.29, 1.82) is 0 Å². The minimum absolute atomic E-state index is 0.0496.